The molecule has 0 aromatic carbocycles. The fourth-order valence-electron chi connectivity index (χ4n) is 1.38. The molecule has 0 unspecified atom stereocenters. The molecule has 0 radical (unpaired) electrons. The van der Waals surface area contributed by atoms with Gasteiger partial charge in [0.1, 0.15) is 0 Å². The molecular weight excluding hydrogens is 362 g/mol. The van der Waals surface area contributed by atoms with Crippen LogP contribution in [0.25, 0.3) is 0 Å². The van der Waals surface area contributed by atoms with Crippen molar-refractivity contribution in [1.82, 2.24) is 0 Å². The standard InChI is InChI=1S/C10H20O2S.2CH3.ClH.Sn/c1-2-3-4-5-6-7-10(11)12-8-9-13;;;;/h13H,2-9H2,1H3;2*1H3;1H;/q;;;;+2/p-2. The number of carbonyl (C=O) groups excluding carboxylic acids is 1. The first-order valence-electron chi connectivity index (χ1n) is 6.44. The van der Waals surface area contributed by atoms with Crippen LogP contribution in [-0.2, 0) is 9.53 Å². The van der Waals surface area contributed by atoms with Gasteiger partial charge in [-0.2, -0.15) is 0 Å². The molecule has 0 saturated heterocycles. The average molecular weight is 388 g/mol. The zero-order chi connectivity index (χ0) is 13.1. The van der Waals surface area contributed by atoms with Gasteiger partial charge in [0.2, 0.25) is 0 Å². The van der Waals surface area contributed by atoms with E-state index >= 15 is 0 Å². The van der Waals surface area contributed by atoms with Gasteiger partial charge in [0.25, 0.3) is 0 Å². The molecule has 0 spiro atoms. The molecule has 0 N–H and O–H groups in total. The Balaban J connectivity index is 3.29. The second kappa shape index (κ2) is 10.8. The molecule has 0 aliphatic heterocycles. The van der Waals surface area contributed by atoms with Crippen LogP contribution in [0.5, 0.6) is 0 Å². The van der Waals surface area contributed by atoms with Crippen molar-refractivity contribution in [2.24, 2.45) is 0 Å². The van der Waals surface area contributed by atoms with Gasteiger partial charge < -0.3 is 0 Å². The van der Waals surface area contributed by atoms with E-state index in [1.165, 1.54) is 19.3 Å². The Hall–Kier alpha value is 0.909. The van der Waals surface area contributed by atoms with Crippen LogP contribution in [-0.4, -0.2) is 34.2 Å². The first-order valence-corrected chi connectivity index (χ1v) is 20.2. The van der Waals surface area contributed by atoms with E-state index in [1.54, 1.807) is 0 Å². The average Bonchev–Trinajstić information content (AvgIpc) is 2.23. The van der Waals surface area contributed by atoms with Gasteiger partial charge in [-0.05, 0) is 0 Å². The Kier molecular flexibility index (Phi) is 11.4. The van der Waals surface area contributed by atoms with Crippen molar-refractivity contribution >= 4 is 39.7 Å². The molecule has 0 rings (SSSR count). The van der Waals surface area contributed by atoms with Crippen LogP contribution in [0.2, 0.25) is 9.88 Å². The Labute approximate surface area is 116 Å². The first-order chi connectivity index (χ1) is 7.95. The molecule has 0 aliphatic carbocycles. The van der Waals surface area contributed by atoms with Crippen LogP contribution in [0.4, 0.5) is 0 Å². The van der Waals surface area contributed by atoms with Gasteiger partial charge >= 0.3 is 117 Å². The fraction of sp³-hybridized carbons (Fsp3) is 0.917. The van der Waals surface area contributed by atoms with E-state index in [9.17, 15) is 4.79 Å². The molecule has 17 heavy (non-hydrogen) atoms. The minimum absolute atomic E-state index is 0.0512. The zero-order valence-corrected chi connectivity index (χ0v) is 15.7. The van der Waals surface area contributed by atoms with Gasteiger partial charge in [-0.3, -0.25) is 0 Å². The summed E-state index contributed by atoms with van der Waals surface area (Å²) in [5.41, 5.74) is 0. The molecule has 0 amide bonds. The quantitative estimate of drug-likeness (QED) is 0.312. The van der Waals surface area contributed by atoms with Crippen molar-refractivity contribution in [2.45, 2.75) is 55.3 Å². The van der Waals surface area contributed by atoms with Crippen LogP contribution < -0.4 is 0 Å². The molecule has 0 aromatic heterocycles. The molecular formula is C12H25ClO2SSn. The van der Waals surface area contributed by atoms with Gasteiger partial charge in [0, 0.05) is 0 Å². The number of rotatable bonds is 10. The van der Waals surface area contributed by atoms with Gasteiger partial charge in [0.05, 0.1) is 0 Å². The van der Waals surface area contributed by atoms with Crippen LogP contribution in [0.15, 0.2) is 0 Å². The van der Waals surface area contributed by atoms with E-state index in [0.29, 0.717) is 13.0 Å². The Bertz CT molecular complexity index is 207. The Morgan fingerprint density at radius 2 is 1.88 bits per heavy atom. The van der Waals surface area contributed by atoms with Crippen LogP contribution in [0, 0.1) is 0 Å². The SMILES string of the molecule is CCCCCCCC(=O)OCC[S][Sn]([CH3])([CH3])[Cl]. The van der Waals surface area contributed by atoms with Crippen molar-refractivity contribution in [3.63, 3.8) is 0 Å². The summed E-state index contributed by atoms with van der Waals surface area (Å²) in [4.78, 5) is 15.7. The number of hydrogen-bond donors (Lipinski definition) is 0. The molecule has 2 nitrogen and oxygen atoms in total. The number of carbonyl (C=O) groups is 1. The number of halogens is 1. The third-order valence-corrected chi connectivity index (χ3v) is 13.2. The molecule has 0 atom stereocenters. The number of unbranched alkanes of at least 4 members (excludes halogenated alkanes) is 4. The Morgan fingerprint density at radius 3 is 2.47 bits per heavy atom. The monoisotopic (exact) mass is 388 g/mol. The third-order valence-electron chi connectivity index (χ3n) is 2.28. The van der Waals surface area contributed by atoms with Gasteiger partial charge in [-0.1, -0.05) is 0 Å². The predicted molar refractivity (Wildman–Crippen MR) is 80.1 cm³/mol. The number of hydrogen-bond acceptors (Lipinski definition) is 3. The van der Waals surface area contributed by atoms with Crippen molar-refractivity contribution in [3.8, 4) is 0 Å². The van der Waals surface area contributed by atoms with E-state index in [2.05, 4.69) is 16.8 Å². The van der Waals surface area contributed by atoms with Gasteiger partial charge in [-0.25, -0.2) is 0 Å². The molecule has 0 heterocycles. The number of esters is 1. The summed E-state index contributed by atoms with van der Waals surface area (Å²) in [5.74, 6) is 0.804. The first kappa shape index (κ1) is 17.9. The molecule has 0 fully saturated rings. The van der Waals surface area contributed by atoms with Crippen molar-refractivity contribution in [2.75, 3.05) is 12.4 Å². The topological polar surface area (TPSA) is 26.3 Å². The van der Waals surface area contributed by atoms with Gasteiger partial charge in [-0.15, -0.1) is 0 Å². The van der Waals surface area contributed by atoms with E-state index in [1.807, 2.05) is 8.95 Å². The van der Waals surface area contributed by atoms with Gasteiger partial charge in [0.15, 0.2) is 0 Å². The second-order valence-corrected chi connectivity index (χ2v) is 30.2. The molecule has 0 saturated carbocycles. The maximum atomic E-state index is 11.4. The summed E-state index contributed by atoms with van der Waals surface area (Å²) in [6.45, 7) is 2.71. The van der Waals surface area contributed by atoms with Crippen molar-refractivity contribution in [1.29, 1.82) is 0 Å². The summed E-state index contributed by atoms with van der Waals surface area (Å²) >= 11 is -2.24. The van der Waals surface area contributed by atoms with E-state index < -0.39 is 15.9 Å². The molecule has 0 bridgehead atoms. The summed E-state index contributed by atoms with van der Waals surface area (Å²) in [7, 11) is 8.02. The van der Waals surface area contributed by atoms with E-state index in [-0.39, 0.29) is 5.97 Å². The van der Waals surface area contributed by atoms with Crippen molar-refractivity contribution in [3.05, 3.63) is 0 Å². The predicted octanol–water partition coefficient (Wildman–Crippen LogP) is 4.56. The van der Waals surface area contributed by atoms with Crippen LogP contribution in [0.3, 0.4) is 0 Å². The summed E-state index contributed by atoms with van der Waals surface area (Å²) in [6, 6.07) is 0. The third kappa shape index (κ3) is 14.8. The number of ether oxygens (including phenoxy) is 1. The summed E-state index contributed by atoms with van der Waals surface area (Å²) in [6.07, 6.45) is 6.41. The molecule has 5 heteroatoms. The molecule has 102 valence electrons. The summed E-state index contributed by atoms with van der Waals surface area (Å²) in [5, 5.41) is 0. The molecule has 0 aliphatic rings. The Morgan fingerprint density at radius 1 is 1.24 bits per heavy atom. The summed E-state index contributed by atoms with van der Waals surface area (Å²) < 4.78 is 5.16. The maximum absolute atomic E-state index is 11.4. The second-order valence-electron chi connectivity index (χ2n) is 4.60. The van der Waals surface area contributed by atoms with E-state index in [4.69, 9.17) is 13.7 Å². The fourth-order valence-corrected chi connectivity index (χ4v) is 8.46. The van der Waals surface area contributed by atoms with Crippen LogP contribution >= 0.6 is 17.9 Å². The minimum atomic E-state index is -2.24. The normalized spacial score (nSPS) is 11.5. The van der Waals surface area contributed by atoms with Crippen LogP contribution in [0.1, 0.15) is 45.4 Å². The zero-order valence-electron chi connectivity index (χ0n) is 11.3. The van der Waals surface area contributed by atoms with E-state index in [0.717, 1.165) is 18.6 Å². The van der Waals surface area contributed by atoms with Crippen molar-refractivity contribution < 1.29 is 9.53 Å². The molecule has 0 aromatic rings.